The minimum atomic E-state index is 0.481. The van der Waals surface area contributed by atoms with E-state index >= 15 is 0 Å². The quantitative estimate of drug-likeness (QED) is 0.591. The van der Waals surface area contributed by atoms with E-state index in [9.17, 15) is 0 Å². The first-order valence-electron chi connectivity index (χ1n) is 6.72. The topological polar surface area (TPSA) is 9.23 Å². The highest BCUT2D eigenvalue weighted by atomic mass is 32.2. The summed E-state index contributed by atoms with van der Waals surface area (Å²) in [5, 5.41) is 3.24. The maximum atomic E-state index is 5.65. The first-order chi connectivity index (χ1) is 8.88. The Morgan fingerprint density at radius 1 is 1.17 bits per heavy atom. The third-order valence-corrected chi connectivity index (χ3v) is 3.98. The van der Waals surface area contributed by atoms with Crippen LogP contribution in [0.15, 0.2) is 35.2 Å². The van der Waals surface area contributed by atoms with Crippen molar-refractivity contribution in [1.29, 1.82) is 0 Å². The van der Waals surface area contributed by atoms with E-state index in [-0.39, 0.29) is 0 Å². The monoisotopic (exact) mass is 260 g/mol. The Morgan fingerprint density at radius 3 is 2.56 bits per heavy atom. The van der Waals surface area contributed by atoms with E-state index in [1.807, 2.05) is 6.07 Å². The summed E-state index contributed by atoms with van der Waals surface area (Å²) in [6, 6.07) is 10.3. The zero-order chi connectivity index (χ0) is 12.6. The van der Waals surface area contributed by atoms with Crippen molar-refractivity contribution in [3.8, 4) is 11.2 Å². The van der Waals surface area contributed by atoms with Gasteiger partial charge in [0.15, 0.2) is 0 Å². The summed E-state index contributed by atoms with van der Waals surface area (Å²) < 4.78 is 5.65. The zero-order valence-corrected chi connectivity index (χ0v) is 11.7. The van der Waals surface area contributed by atoms with E-state index in [1.165, 1.54) is 30.6 Å². The molecule has 1 fully saturated rings. The number of benzene rings is 1. The Hall–Kier alpha value is -0.910. The molecule has 1 nitrogen and oxygen atoms in total. The fraction of sp³-hybridized carbons (Fsp3) is 0.500. The lowest BCUT2D eigenvalue weighted by atomic mass is 9.88. The van der Waals surface area contributed by atoms with Gasteiger partial charge < -0.3 is 4.74 Å². The van der Waals surface area contributed by atoms with Crippen LogP contribution >= 0.6 is 11.8 Å². The number of hydrogen-bond donors (Lipinski definition) is 0. The summed E-state index contributed by atoms with van der Waals surface area (Å²) in [5.74, 6) is 3.96. The second-order valence-corrected chi connectivity index (χ2v) is 5.47. The van der Waals surface area contributed by atoms with E-state index in [1.54, 1.807) is 11.8 Å². The van der Waals surface area contributed by atoms with Crippen molar-refractivity contribution in [3.05, 3.63) is 30.3 Å². The molecule has 1 aliphatic rings. The van der Waals surface area contributed by atoms with Gasteiger partial charge in [-0.05, 0) is 61.8 Å². The third kappa shape index (κ3) is 4.40. The average molecular weight is 260 g/mol. The molecule has 0 aromatic heterocycles. The molecule has 0 heterocycles. The molecular formula is C16H20OS. The maximum absolute atomic E-state index is 5.65. The predicted molar refractivity (Wildman–Crippen MR) is 77.4 cm³/mol. The molecule has 1 aromatic rings. The maximum Gasteiger partial charge on any atom is 0.0575 e. The standard InChI is InChI=1S/C16H20OS/c1-2-17-15-10-8-14(9-11-15)12-13-18-16-6-4-3-5-7-16/h3-7,14-15H,2,8-11H2,1H3. The molecule has 0 saturated heterocycles. The number of rotatable bonds is 3. The molecule has 1 aromatic carbocycles. The van der Waals surface area contributed by atoms with Crippen LogP contribution < -0.4 is 0 Å². The highest BCUT2D eigenvalue weighted by Crippen LogP contribution is 2.26. The summed E-state index contributed by atoms with van der Waals surface area (Å²) in [6.45, 7) is 2.91. The van der Waals surface area contributed by atoms with E-state index in [2.05, 4.69) is 42.4 Å². The number of ether oxygens (including phenoxy) is 1. The summed E-state index contributed by atoms with van der Waals surface area (Å²) in [7, 11) is 0. The fourth-order valence-electron chi connectivity index (χ4n) is 2.27. The van der Waals surface area contributed by atoms with E-state index in [0.29, 0.717) is 12.0 Å². The Balaban J connectivity index is 1.75. The highest BCUT2D eigenvalue weighted by molar-refractivity contribution is 8.03. The van der Waals surface area contributed by atoms with Crippen LogP contribution in [0.4, 0.5) is 0 Å². The molecule has 96 valence electrons. The van der Waals surface area contributed by atoms with Gasteiger partial charge in [-0.3, -0.25) is 0 Å². The Kier molecular flexibility index (Phi) is 5.64. The van der Waals surface area contributed by atoms with Gasteiger partial charge in [-0.2, -0.15) is 0 Å². The van der Waals surface area contributed by atoms with Crippen molar-refractivity contribution < 1.29 is 4.74 Å². The van der Waals surface area contributed by atoms with Crippen molar-refractivity contribution in [3.63, 3.8) is 0 Å². The summed E-state index contributed by atoms with van der Waals surface area (Å²) in [5.41, 5.74) is 0. The van der Waals surface area contributed by atoms with Crippen molar-refractivity contribution in [2.75, 3.05) is 6.61 Å². The van der Waals surface area contributed by atoms with Crippen LogP contribution in [0, 0.1) is 17.1 Å². The van der Waals surface area contributed by atoms with Crippen LogP contribution in [0.2, 0.25) is 0 Å². The van der Waals surface area contributed by atoms with Gasteiger partial charge in [-0.25, -0.2) is 0 Å². The van der Waals surface area contributed by atoms with Gasteiger partial charge in [-0.15, -0.1) is 0 Å². The first kappa shape index (κ1) is 13.5. The molecule has 0 aliphatic heterocycles. The van der Waals surface area contributed by atoms with Gasteiger partial charge in [0.2, 0.25) is 0 Å². The van der Waals surface area contributed by atoms with Crippen molar-refractivity contribution in [2.24, 2.45) is 5.92 Å². The van der Waals surface area contributed by atoms with E-state index in [4.69, 9.17) is 4.74 Å². The summed E-state index contributed by atoms with van der Waals surface area (Å²) >= 11 is 1.63. The van der Waals surface area contributed by atoms with Crippen LogP contribution in [0.3, 0.4) is 0 Å². The fourth-order valence-corrected chi connectivity index (χ4v) is 2.91. The number of hydrogen-bond acceptors (Lipinski definition) is 2. The molecule has 0 bridgehead atoms. The molecule has 1 saturated carbocycles. The first-order valence-corrected chi connectivity index (χ1v) is 7.54. The number of thioether (sulfide) groups is 1. The normalized spacial score (nSPS) is 23.2. The molecule has 0 spiro atoms. The molecule has 0 atom stereocenters. The smallest absolute Gasteiger partial charge is 0.0575 e. The van der Waals surface area contributed by atoms with Crippen LogP contribution in [0.5, 0.6) is 0 Å². The lowest BCUT2D eigenvalue weighted by molar-refractivity contribution is 0.0310. The van der Waals surface area contributed by atoms with Gasteiger partial charge in [0.1, 0.15) is 0 Å². The van der Waals surface area contributed by atoms with Crippen molar-refractivity contribution in [1.82, 2.24) is 0 Å². The molecule has 1 aliphatic carbocycles. The summed E-state index contributed by atoms with van der Waals surface area (Å²) in [6.07, 6.45) is 5.20. The Bertz CT molecular complexity index is 396. The predicted octanol–water partition coefficient (Wildman–Crippen LogP) is 4.33. The van der Waals surface area contributed by atoms with Gasteiger partial charge in [-0.1, -0.05) is 24.1 Å². The van der Waals surface area contributed by atoms with Gasteiger partial charge >= 0.3 is 0 Å². The van der Waals surface area contributed by atoms with Gasteiger partial charge in [0.05, 0.1) is 6.10 Å². The molecule has 0 amide bonds. The molecule has 18 heavy (non-hydrogen) atoms. The molecule has 2 heteroatoms. The second-order valence-electron chi connectivity index (χ2n) is 4.59. The van der Waals surface area contributed by atoms with Gasteiger partial charge in [0, 0.05) is 17.4 Å². The SMILES string of the molecule is CCOC1CCC(C#CSc2ccccc2)CC1. The molecule has 0 unspecified atom stereocenters. The molecular weight excluding hydrogens is 240 g/mol. The average Bonchev–Trinajstić information content (AvgIpc) is 2.42. The van der Waals surface area contributed by atoms with Crippen molar-refractivity contribution in [2.45, 2.75) is 43.6 Å². The van der Waals surface area contributed by atoms with Crippen LogP contribution in [0.1, 0.15) is 32.6 Å². The minimum absolute atomic E-state index is 0.481. The summed E-state index contributed by atoms with van der Waals surface area (Å²) in [4.78, 5) is 1.23. The zero-order valence-electron chi connectivity index (χ0n) is 10.9. The largest absolute Gasteiger partial charge is 0.379 e. The Morgan fingerprint density at radius 2 is 1.89 bits per heavy atom. The van der Waals surface area contributed by atoms with Crippen molar-refractivity contribution >= 4 is 11.8 Å². The molecule has 0 N–H and O–H groups in total. The van der Waals surface area contributed by atoms with Gasteiger partial charge in [0.25, 0.3) is 0 Å². The Labute approximate surface area is 114 Å². The van der Waals surface area contributed by atoms with E-state index in [0.717, 1.165) is 6.61 Å². The second kappa shape index (κ2) is 7.51. The van der Waals surface area contributed by atoms with Crippen LogP contribution in [0.25, 0.3) is 0 Å². The molecule has 2 rings (SSSR count). The lowest BCUT2D eigenvalue weighted by Gasteiger charge is -2.25. The lowest BCUT2D eigenvalue weighted by Crippen LogP contribution is -2.20. The van der Waals surface area contributed by atoms with E-state index < -0.39 is 0 Å². The minimum Gasteiger partial charge on any atom is -0.379 e. The molecule has 0 radical (unpaired) electrons. The van der Waals surface area contributed by atoms with Crippen LogP contribution in [-0.2, 0) is 4.74 Å². The third-order valence-electron chi connectivity index (χ3n) is 3.25. The highest BCUT2D eigenvalue weighted by Gasteiger charge is 2.19. The van der Waals surface area contributed by atoms with Crippen LogP contribution in [-0.4, -0.2) is 12.7 Å².